The molecule has 0 amide bonds. The number of rotatable bonds is 8. The van der Waals surface area contributed by atoms with Gasteiger partial charge in [0.25, 0.3) is 0 Å². The van der Waals surface area contributed by atoms with Crippen LogP contribution in [0.4, 0.5) is 0 Å². The van der Waals surface area contributed by atoms with Crippen LogP contribution in [0.15, 0.2) is 73.3 Å². The molecule has 1 atom stereocenters. The quantitative estimate of drug-likeness (QED) is 0.557. The Bertz CT molecular complexity index is 563. The van der Waals surface area contributed by atoms with Gasteiger partial charge >= 0.3 is 141 Å². The Morgan fingerprint density at radius 3 is 2.23 bits per heavy atom. The van der Waals surface area contributed by atoms with Crippen LogP contribution in [0.25, 0.3) is 0 Å². The predicted molar refractivity (Wildman–Crippen MR) is 97.8 cm³/mol. The molecule has 0 heterocycles. The summed E-state index contributed by atoms with van der Waals surface area (Å²) < 4.78 is 1.69. The van der Waals surface area contributed by atoms with Crippen molar-refractivity contribution in [1.82, 2.24) is 5.32 Å². The molecule has 116 valence electrons. The summed E-state index contributed by atoms with van der Waals surface area (Å²) in [6.45, 7) is 9.59. The molecule has 22 heavy (non-hydrogen) atoms. The summed E-state index contributed by atoms with van der Waals surface area (Å²) in [7, 11) is 0. The molecule has 0 saturated heterocycles. The van der Waals surface area contributed by atoms with E-state index in [-0.39, 0.29) is 4.31 Å². The van der Waals surface area contributed by atoms with Crippen LogP contribution in [0.1, 0.15) is 25.8 Å². The van der Waals surface area contributed by atoms with Crippen LogP contribution in [0, 0.1) is 0 Å². The summed E-state index contributed by atoms with van der Waals surface area (Å²) in [4.78, 5) is 0. The standard InChI is InChI=1S/C20H25NSe/c1-4-11-19(21-16-17-12-7-5-8-13-17)20(2,3)22-18-14-9-6-10-15-18/h4-10,12-15,19,21H,1,11,16H2,2-3H3. The second kappa shape index (κ2) is 8.33. The van der Waals surface area contributed by atoms with Crippen molar-refractivity contribution in [2.24, 2.45) is 0 Å². The first-order valence-corrected chi connectivity index (χ1v) is 9.45. The average Bonchev–Trinajstić information content (AvgIpc) is 2.53. The molecule has 0 aromatic heterocycles. The first-order chi connectivity index (χ1) is 10.6. The molecule has 2 heteroatoms. The van der Waals surface area contributed by atoms with E-state index in [0.29, 0.717) is 21.0 Å². The van der Waals surface area contributed by atoms with Crippen molar-refractivity contribution >= 4 is 19.4 Å². The Balaban J connectivity index is 2.03. The molecule has 0 aliphatic carbocycles. The van der Waals surface area contributed by atoms with E-state index in [9.17, 15) is 0 Å². The fourth-order valence-electron chi connectivity index (χ4n) is 2.48. The van der Waals surface area contributed by atoms with Gasteiger partial charge < -0.3 is 0 Å². The summed E-state index contributed by atoms with van der Waals surface area (Å²) >= 11 is 0.422. The van der Waals surface area contributed by atoms with E-state index in [4.69, 9.17) is 0 Å². The number of nitrogens with one attached hydrogen (secondary N) is 1. The molecule has 0 saturated carbocycles. The summed E-state index contributed by atoms with van der Waals surface area (Å²) in [5, 5.41) is 3.74. The Labute approximate surface area is 141 Å². The van der Waals surface area contributed by atoms with Crippen LogP contribution >= 0.6 is 0 Å². The van der Waals surface area contributed by atoms with Gasteiger partial charge in [-0.25, -0.2) is 0 Å². The topological polar surface area (TPSA) is 12.0 Å². The predicted octanol–water partition coefficient (Wildman–Crippen LogP) is 3.95. The molecule has 0 radical (unpaired) electrons. The first-order valence-electron chi connectivity index (χ1n) is 7.74. The van der Waals surface area contributed by atoms with Gasteiger partial charge in [0.05, 0.1) is 0 Å². The molecule has 1 unspecified atom stereocenters. The second-order valence-electron chi connectivity index (χ2n) is 5.96. The summed E-state index contributed by atoms with van der Waals surface area (Å²) in [6, 6.07) is 21.9. The summed E-state index contributed by atoms with van der Waals surface area (Å²) in [5.74, 6) is 0. The molecule has 1 nitrogen and oxygen atoms in total. The van der Waals surface area contributed by atoms with Crippen molar-refractivity contribution in [2.75, 3.05) is 0 Å². The SMILES string of the molecule is C=CCC(NCc1ccccc1)C(C)(C)[Se]c1ccccc1. The molecule has 0 fully saturated rings. The fraction of sp³-hybridized carbons (Fsp3) is 0.300. The monoisotopic (exact) mass is 359 g/mol. The molecule has 0 aliphatic heterocycles. The van der Waals surface area contributed by atoms with E-state index < -0.39 is 0 Å². The molecule has 2 aromatic carbocycles. The maximum atomic E-state index is 3.94. The minimum absolute atomic E-state index is 0.233. The van der Waals surface area contributed by atoms with Gasteiger partial charge in [0, 0.05) is 0 Å². The van der Waals surface area contributed by atoms with Crippen LogP contribution in [0.5, 0.6) is 0 Å². The van der Waals surface area contributed by atoms with Gasteiger partial charge in [0.1, 0.15) is 0 Å². The molecule has 0 spiro atoms. The van der Waals surface area contributed by atoms with Gasteiger partial charge in [0.2, 0.25) is 0 Å². The summed E-state index contributed by atoms with van der Waals surface area (Å²) in [6.07, 6.45) is 3.03. The Morgan fingerprint density at radius 1 is 1.05 bits per heavy atom. The molecule has 0 bridgehead atoms. The van der Waals surface area contributed by atoms with Gasteiger partial charge in [-0.3, -0.25) is 0 Å². The van der Waals surface area contributed by atoms with E-state index in [1.807, 2.05) is 6.08 Å². The third kappa shape index (κ3) is 5.14. The van der Waals surface area contributed by atoms with Crippen LogP contribution in [0.3, 0.4) is 0 Å². The minimum atomic E-state index is 0.233. The van der Waals surface area contributed by atoms with Crippen molar-refractivity contribution in [2.45, 2.75) is 37.2 Å². The zero-order chi connectivity index (χ0) is 15.8. The van der Waals surface area contributed by atoms with Crippen molar-refractivity contribution in [1.29, 1.82) is 0 Å². The van der Waals surface area contributed by atoms with Crippen LogP contribution in [0.2, 0.25) is 4.31 Å². The Kier molecular flexibility index (Phi) is 6.45. The van der Waals surface area contributed by atoms with Gasteiger partial charge in [-0.05, 0) is 0 Å². The number of hydrogen-bond donors (Lipinski definition) is 1. The zero-order valence-corrected chi connectivity index (χ0v) is 15.2. The first kappa shape index (κ1) is 17.0. The second-order valence-corrected chi connectivity index (χ2v) is 9.59. The molecular weight excluding hydrogens is 333 g/mol. The van der Waals surface area contributed by atoms with Crippen LogP contribution in [-0.4, -0.2) is 21.0 Å². The fourth-order valence-corrected chi connectivity index (χ4v) is 5.04. The van der Waals surface area contributed by atoms with Crippen molar-refractivity contribution in [3.63, 3.8) is 0 Å². The number of benzene rings is 2. The molecule has 1 N–H and O–H groups in total. The van der Waals surface area contributed by atoms with E-state index in [2.05, 4.69) is 86.4 Å². The average molecular weight is 358 g/mol. The molecular formula is C20H25NSe. The van der Waals surface area contributed by atoms with Crippen molar-refractivity contribution in [3.8, 4) is 0 Å². The molecule has 2 rings (SSSR count). The maximum absolute atomic E-state index is 3.94. The van der Waals surface area contributed by atoms with Crippen molar-refractivity contribution < 1.29 is 0 Å². The van der Waals surface area contributed by atoms with Crippen LogP contribution < -0.4 is 9.78 Å². The van der Waals surface area contributed by atoms with E-state index >= 15 is 0 Å². The van der Waals surface area contributed by atoms with Crippen molar-refractivity contribution in [3.05, 3.63) is 78.9 Å². The van der Waals surface area contributed by atoms with E-state index in [1.54, 1.807) is 0 Å². The normalized spacial score (nSPS) is 12.8. The summed E-state index contributed by atoms with van der Waals surface area (Å²) in [5.41, 5.74) is 1.33. The Hall–Kier alpha value is -1.34. The number of hydrogen-bond acceptors (Lipinski definition) is 1. The third-order valence-electron chi connectivity index (χ3n) is 3.76. The van der Waals surface area contributed by atoms with E-state index in [1.165, 1.54) is 10.0 Å². The van der Waals surface area contributed by atoms with Gasteiger partial charge in [0.15, 0.2) is 0 Å². The van der Waals surface area contributed by atoms with Gasteiger partial charge in [-0.1, -0.05) is 0 Å². The van der Waals surface area contributed by atoms with E-state index in [0.717, 1.165) is 13.0 Å². The van der Waals surface area contributed by atoms with Crippen LogP contribution in [-0.2, 0) is 6.54 Å². The zero-order valence-electron chi connectivity index (χ0n) is 13.5. The van der Waals surface area contributed by atoms with Gasteiger partial charge in [-0.2, -0.15) is 0 Å². The Morgan fingerprint density at radius 2 is 1.64 bits per heavy atom. The van der Waals surface area contributed by atoms with Gasteiger partial charge in [-0.15, -0.1) is 0 Å². The molecule has 0 aliphatic rings. The third-order valence-corrected chi connectivity index (χ3v) is 6.53. The molecule has 2 aromatic rings.